The van der Waals surface area contributed by atoms with E-state index in [1.165, 1.54) is 0 Å². The largest absolute Gasteiger partial charge is 0.277 e. The predicted octanol–water partition coefficient (Wildman–Crippen LogP) is -0.622. The summed E-state index contributed by atoms with van der Waals surface area (Å²) in [5, 5.41) is 0. The first-order chi connectivity index (χ1) is 2.41. The molecular weight excluding hydrogens is 88.1 g/mol. The SMILES string of the molecule is O=CNN=S. The lowest BCUT2D eigenvalue weighted by Crippen LogP contribution is -1.95. The standard InChI is InChI=1S/CH2N2OS/c4-1-2-3-5/h1H,(H,2,4,5). The van der Waals surface area contributed by atoms with Gasteiger partial charge in [-0.3, -0.25) is 4.79 Å². The molecule has 0 rings (SSSR count). The highest BCUT2D eigenvalue weighted by Crippen LogP contribution is 1.34. The molecule has 0 saturated carbocycles. The van der Waals surface area contributed by atoms with E-state index in [1.807, 2.05) is 5.43 Å². The average Bonchev–Trinajstić information content (AvgIpc) is 1.41. The summed E-state index contributed by atoms with van der Waals surface area (Å²) in [5.74, 6) is 0. The molecule has 0 unspecified atom stereocenters. The summed E-state index contributed by atoms with van der Waals surface area (Å²) in [6, 6.07) is 0. The van der Waals surface area contributed by atoms with E-state index in [0.29, 0.717) is 6.41 Å². The van der Waals surface area contributed by atoms with Crippen molar-refractivity contribution in [3.63, 3.8) is 0 Å². The average molecular weight is 90.1 g/mol. The number of amides is 1. The normalized spacial score (nSPS) is 5.60. The molecular formula is CH2N2OS. The smallest absolute Gasteiger partial charge is 0.228 e. The van der Waals surface area contributed by atoms with Gasteiger partial charge in [0.1, 0.15) is 0 Å². The van der Waals surface area contributed by atoms with Gasteiger partial charge in [0, 0.05) is 0 Å². The van der Waals surface area contributed by atoms with Gasteiger partial charge in [0.2, 0.25) is 6.41 Å². The first-order valence-corrected chi connectivity index (χ1v) is 1.30. The van der Waals surface area contributed by atoms with E-state index in [0.717, 1.165) is 0 Å². The highest BCUT2D eigenvalue weighted by molar-refractivity contribution is 7.47. The maximum absolute atomic E-state index is 9.13. The van der Waals surface area contributed by atoms with Crippen molar-refractivity contribution in [1.29, 1.82) is 0 Å². The fourth-order valence-corrected chi connectivity index (χ4v) is 0.0645. The third-order valence-corrected chi connectivity index (χ3v) is 0.211. The summed E-state index contributed by atoms with van der Waals surface area (Å²) in [6.45, 7) is 0. The van der Waals surface area contributed by atoms with E-state index in [4.69, 9.17) is 4.79 Å². The summed E-state index contributed by atoms with van der Waals surface area (Å²) < 4.78 is 2.82. The Bertz CT molecular complexity index is 38.9. The van der Waals surface area contributed by atoms with E-state index in [2.05, 4.69) is 16.9 Å². The quantitative estimate of drug-likeness (QED) is 0.362. The van der Waals surface area contributed by atoms with Crippen LogP contribution in [0.1, 0.15) is 0 Å². The second kappa shape index (κ2) is 3.49. The number of carbonyl (C=O) groups is 1. The van der Waals surface area contributed by atoms with Gasteiger partial charge in [0.25, 0.3) is 0 Å². The van der Waals surface area contributed by atoms with E-state index < -0.39 is 0 Å². The second-order valence-corrected chi connectivity index (χ2v) is 0.521. The van der Waals surface area contributed by atoms with Gasteiger partial charge in [-0.05, 0) is 0 Å². The number of carbonyl (C=O) groups excluding carboxylic acids is 1. The van der Waals surface area contributed by atoms with E-state index in [9.17, 15) is 0 Å². The highest BCUT2D eigenvalue weighted by Gasteiger charge is 1.53. The van der Waals surface area contributed by atoms with Crippen LogP contribution in [0, 0.1) is 0 Å². The van der Waals surface area contributed by atoms with Gasteiger partial charge in [-0.2, -0.15) is 0 Å². The lowest BCUT2D eigenvalue weighted by molar-refractivity contribution is -0.109. The minimum absolute atomic E-state index is 0.410. The van der Waals surface area contributed by atoms with Gasteiger partial charge >= 0.3 is 0 Å². The zero-order valence-corrected chi connectivity index (χ0v) is 3.16. The Balaban J connectivity index is 2.65. The fourth-order valence-electron chi connectivity index (χ4n) is 0.0215. The Morgan fingerprint density at radius 1 is 2.00 bits per heavy atom. The van der Waals surface area contributed by atoms with Crippen LogP contribution < -0.4 is 5.43 Å². The molecule has 0 aliphatic rings. The van der Waals surface area contributed by atoms with Crippen molar-refractivity contribution in [2.45, 2.75) is 0 Å². The molecule has 0 aliphatic carbocycles. The molecule has 1 N–H and O–H groups in total. The van der Waals surface area contributed by atoms with Gasteiger partial charge in [0.15, 0.2) is 0 Å². The molecule has 0 atom stereocenters. The lowest BCUT2D eigenvalue weighted by atomic mass is 11.4. The first kappa shape index (κ1) is 4.49. The molecule has 0 heterocycles. The monoisotopic (exact) mass is 90.0 g/mol. The Labute approximate surface area is 34.5 Å². The summed E-state index contributed by atoms with van der Waals surface area (Å²) >= 11 is 3.93. The maximum atomic E-state index is 9.13. The molecule has 0 bridgehead atoms. The van der Waals surface area contributed by atoms with E-state index in [-0.39, 0.29) is 0 Å². The van der Waals surface area contributed by atoms with Crippen LogP contribution in [-0.2, 0) is 17.2 Å². The van der Waals surface area contributed by atoms with Crippen LogP contribution in [0.2, 0.25) is 0 Å². The molecule has 28 valence electrons. The number of rotatable bonds is 2. The van der Waals surface area contributed by atoms with Crippen molar-refractivity contribution >= 4 is 18.8 Å². The van der Waals surface area contributed by atoms with Gasteiger partial charge in [-0.15, -0.1) is 4.47 Å². The lowest BCUT2D eigenvalue weighted by Gasteiger charge is -1.67. The van der Waals surface area contributed by atoms with E-state index >= 15 is 0 Å². The molecule has 0 aromatic heterocycles. The molecule has 0 aliphatic heterocycles. The van der Waals surface area contributed by atoms with Crippen molar-refractivity contribution < 1.29 is 4.79 Å². The second-order valence-electron chi connectivity index (χ2n) is 0.338. The van der Waals surface area contributed by atoms with Gasteiger partial charge < -0.3 is 0 Å². The van der Waals surface area contributed by atoms with Crippen molar-refractivity contribution in [2.24, 2.45) is 4.47 Å². The van der Waals surface area contributed by atoms with Crippen LogP contribution in [0.15, 0.2) is 4.47 Å². The van der Waals surface area contributed by atoms with Gasteiger partial charge in [-0.1, -0.05) is 0 Å². The molecule has 0 radical (unpaired) electrons. The van der Waals surface area contributed by atoms with E-state index in [1.54, 1.807) is 0 Å². The minimum atomic E-state index is 0.410. The Morgan fingerprint density at radius 2 is 2.60 bits per heavy atom. The molecule has 3 nitrogen and oxygen atoms in total. The van der Waals surface area contributed by atoms with Crippen LogP contribution in [0.25, 0.3) is 0 Å². The summed E-state index contributed by atoms with van der Waals surface area (Å²) in [6.07, 6.45) is 0.410. The number of nitrogens with zero attached hydrogens (tertiary/aromatic N) is 1. The van der Waals surface area contributed by atoms with Crippen LogP contribution in [-0.4, -0.2) is 6.41 Å². The predicted molar refractivity (Wildman–Crippen MR) is 19.0 cm³/mol. The third-order valence-electron chi connectivity index (χ3n) is 0.105. The van der Waals surface area contributed by atoms with Crippen LogP contribution in [0.4, 0.5) is 0 Å². The number of hydrogen-bond acceptors (Lipinski definition) is 3. The topological polar surface area (TPSA) is 41.5 Å². The summed E-state index contributed by atoms with van der Waals surface area (Å²) in [7, 11) is 0. The molecule has 0 spiro atoms. The van der Waals surface area contributed by atoms with Crippen LogP contribution >= 0.6 is 0 Å². The van der Waals surface area contributed by atoms with Gasteiger partial charge in [-0.25, -0.2) is 5.43 Å². The van der Waals surface area contributed by atoms with Crippen molar-refractivity contribution in [3.8, 4) is 0 Å². The molecule has 1 amide bonds. The van der Waals surface area contributed by atoms with Crippen LogP contribution in [0.5, 0.6) is 0 Å². The van der Waals surface area contributed by atoms with Crippen molar-refractivity contribution in [2.75, 3.05) is 0 Å². The molecule has 4 heteroatoms. The Kier molecular flexibility index (Phi) is 3.13. The molecule has 5 heavy (non-hydrogen) atoms. The maximum Gasteiger partial charge on any atom is 0.228 e. The number of hydrogen-bond donors (Lipinski definition) is 1. The minimum Gasteiger partial charge on any atom is -0.277 e. The molecule has 0 aromatic rings. The van der Waals surface area contributed by atoms with Crippen molar-refractivity contribution in [3.05, 3.63) is 0 Å². The summed E-state index contributed by atoms with van der Waals surface area (Å²) in [5.41, 5.74) is 1.87. The first-order valence-electron chi connectivity index (χ1n) is 0.931. The Hall–Kier alpha value is -0.510. The Morgan fingerprint density at radius 3 is 2.60 bits per heavy atom. The number of nitrogens with one attached hydrogen (secondary N) is 1. The molecule has 0 aromatic carbocycles. The zero-order chi connectivity index (χ0) is 4.12. The molecule has 0 saturated heterocycles. The molecule has 0 fully saturated rings. The highest BCUT2D eigenvalue weighted by atomic mass is 32.1. The fraction of sp³-hybridized carbons (Fsp3) is 0. The third kappa shape index (κ3) is 3.49. The summed E-state index contributed by atoms with van der Waals surface area (Å²) in [4.78, 5) is 9.13. The van der Waals surface area contributed by atoms with Crippen molar-refractivity contribution in [1.82, 2.24) is 5.43 Å². The van der Waals surface area contributed by atoms with Crippen LogP contribution in [0.3, 0.4) is 0 Å². The zero-order valence-electron chi connectivity index (χ0n) is 2.34. The van der Waals surface area contributed by atoms with Gasteiger partial charge in [0.05, 0.1) is 12.4 Å².